The lowest BCUT2D eigenvalue weighted by atomic mass is 10.1. The number of methoxy groups -OCH3 is 1. The van der Waals surface area contributed by atoms with Gasteiger partial charge in [-0.2, -0.15) is 0 Å². The summed E-state index contributed by atoms with van der Waals surface area (Å²) in [5.41, 5.74) is 1.34. The highest BCUT2D eigenvalue weighted by molar-refractivity contribution is 9.11. The molecule has 0 aliphatic heterocycles. The van der Waals surface area contributed by atoms with Crippen LogP contribution in [0.2, 0.25) is 0 Å². The minimum atomic E-state index is -0.335. The maximum Gasteiger partial charge on any atom is 0.340 e. The zero-order chi connectivity index (χ0) is 14.3. The molecule has 0 heterocycles. The summed E-state index contributed by atoms with van der Waals surface area (Å²) in [7, 11) is 1.39. The lowest BCUT2D eigenvalue weighted by molar-refractivity contribution is 0.0601. The number of anilines is 1. The van der Waals surface area contributed by atoms with Crippen LogP contribution in [-0.4, -0.2) is 19.6 Å². The van der Waals surface area contributed by atoms with Crippen LogP contribution in [0.5, 0.6) is 0 Å². The highest BCUT2D eigenvalue weighted by Gasteiger charge is 2.15. The lowest BCUT2D eigenvalue weighted by Gasteiger charge is -2.13. The predicted molar refractivity (Wildman–Crippen MR) is 85.8 cm³/mol. The average Bonchev–Trinajstić information content (AvgIpc) is 2.39. The van der Waals surface area contributed by atoms with E-state index in [4.69, 9.17) is 4.74 Å². The molecule has 0 bridgehead atoms. The third-order valence-electron chi connectivity index (χ3n) is 2.79. The van der Waals surface area contributed by atoms with Crippen molar-refractivity contribution in [3.8, 4) is 0 Å². The Balaban J connectivity index is 2.77. The number of halogens is 2. The molecule has 1 rings (SSSR count). The van der Waals surface area contributed by atoms with Gasteiger partial charge in [-0.15, -0.1) is 0 Å². The summed E-state index contributed by atoms with van der Waals surface area (Å²) in [6.07, 6.45) is 4.75. The van der Waals surface area contributed by atoms with Crippen molar-refractivity contribution < 1.29 is 9.53 Å². The first-order chi connectivity index (χ1) is 9.10. The molecule has 0 atom stereocenters. The molecule has 0 spiro atoms. The monoisotopic (exact) mass is 391 g/mol. The normalized spacial score (nSPS) is 10.3. The Labute approximate surface area is 131 Å². The Kier molecular flexibility index (Phi) is 7.46. The van der Waals surface area contributed by atoms with Crippen molar-refractivity contribution in [1.29, 1.82) is 0 Å². The summed E-state index contributed by atoms with van der Waals surface area (Å²) in [5, 5.41) is 3.31. The molecule has 0 amide bonds. The van der Waals surface area contributed by atoms with Crippen LogP contribution in [0.15, 0.2) is 21.1 Å². The van der Waals surface area contributed by atoms with E-state index in [0.29, 0.717) is 5.56 Å². The first-order valence-corrected chi connectivity index (χ1v) is 8.00. The number of carbonyl (C=O) groups excluding carboxylic acids is 1. The Bertz CT molecular complexity index is 436. The predicted octanol–water partition coefficient (Wildman–Crippen LogP) is 4.99. The number of benzene rings is 1. The van der Waals surface area contributed by atoms with Gasteiger partial charge in [0.2, 0.25) is 0 Å². The highest BCUT2D eigenvalue weighted by atomic mass is 79.9. The molecule has 1 N–H and O–H groups in total. The quantitative estimate of drug-likeness (QED) is 0.524. The summed E-state index contributed by atoms with van der Waals surface area (Å²) in [4.78, 5) is 11.8. The summed E-state index contributed by atoms with van der Waals surface area (Å²) in [6.45, 7) is 3.04. The molecule has 0 saturated heterocycles. The van der Waals surface area contributed by atoms with Gasteiger partial charge in [-0.05, 0) is 34.5 Å². The SMILES string of the molecule is CCCCCCNc1c(Br)cc(Br)cc1C(=O)OC. The molecular weight excluding hydrogens is 374 g/mol. The minimum absolute atomic E-state index is 0.335. The van der Waals surface area contributed by atoms with Gasteiger partial charge in [-0.1, -0.05) is 42.1 Å². The van der Waals surface area contributed by atoms with E-state index in [2.05, 4.69) is 44.1 Å². The molecule has 0 saturated carbocycles. The van der Waals surface area contributed by atoms with Crippen LogP contribution in [0.4, 0.5) is 5.69 Å². The van der Waals surface area contributed by atoms with Gasteiger partial charge < -0.3 is 10.1 Å². The van der Waals surface area contributed by atoms with Crippen LogP contribution < -0.4 is 5.32 Å². The van der Waals surface area contributed by atoms with Crippen LogP contribution in [0.1, 0.15) is 43.0 Å². The van der Waals surface area contributed by atoms with E-state index >= 15 is 0 Å². The smallest absolute Gasteiger partial charge is 0.340 e. The standard InChI is InChI=1S/C14H19Br2NO2/c1-3-4-5-6-7-17-13-11(14(18)19-2)8-10(15)9-12(13)16/h8-9,17H,3-7H2,1-2H3. The van der Waals surface area contributed by atoms with Gasteiger partial charge in [0.05, 0.1) is 18.4 Å². The third kappa shape index (κ3) is 5.15. The van der Waals surface area contributed by atoms with E-state index in [-0.39, 0.29) is 5.97 Å². The highest BCUT2D eigenvalue weighted by Crippen LogP contribution is 2.31. The number of rotatable bonds is 7. The van der Waals surface area contributed by atoms with E-state index in [1.54, 1.807) is 6.07 Å². The molecular formula is C14H19Br2NO2. The Morgan fingerprint density at radius 1 is 1.26 bits per heavy atom. The van der Waals surface area contributed by atoms with Crippen molar-refractivity contribution in [3.63, 3.8) is 0 Å². The number of hydrogen-bond acceptors (Lipinski definition) is 3. The van der Waals surface area contributed by atoms with Gasteiger partial charge in [0, 0.05) is 15.5 Å². The second-order valence-corrected chi connectivity index (χ2v) is 6.06. The van der Waals surface area contributed by atoms with Crippen molar-refractivity contribution in [2.45, 2.75) is 32.6 Å². The van der Waals surface area contributed by atoms with Crippen LogP contribution in [0.25, 0.3) is 0 Å². The first kappa shape index (κ1) is 16.5. The maximum absolute atomic E-state index is 11.8. The van der Waals surface area contributed by atoms with Crippen LogP contribution in [0, 0.1) is 0 Å². The topological polar surface area (TPSA) is 38.3 Å². The van der Waals surface area contributed by atoms with Crippen LogP contribution in [-0.2, 0) is 4.74 Å². The zero-order valence-corrected chi connectivity index (χ0v) is 14.4. The van der Waals surface area contributed by atoms with Crippen LogP contribution in [0.3, 0.4) is 0 Å². The molecule has 0 aromatic heterocycles. The van der Waals surface area contributed by atoms with Gasteiger partial charge in [0.15, 0.2) is 0 Å². The number of nitrogens with one attached hydrogen (secondary N) is 1. The Morgan fingerprint density at radius 2 is 2.00 bits per heavy atom. The number of carbonyl (C=O) groups is 1. The number of esters is 1. The van der Waals surface area contributed by atoms with Gasteiger partial charge in [-0.25, -0.2) is 4.79 Å². The zero-order valence-electron chi connectivity index (χ0n) is 11.3. The molecule has 0 aliphatic carbocycles. The molecule has 0 unspecified atom stereocenters. The second kappa shape index (κ2) is 8.59. The van der Waals surface area contributed by atoms with Gasteiger partial charge in [-0.3, -0.25) is 0 Å². The van der Waals surface area contributed by atoms with Crippen molar-refractivity contribution in [3.05, 3.63) is 26.6 Å². The average molecular weight is 393 g/mol. The molecule has 19 heavy (non-hydrogen) atoms. The summed E-state index contributed by atoms with van der Waals surface area (Å²) in [5.74, 6) is -0.335. The number of unbranched alkanes of at least 4 members (excludes halogenated alkanes) is 3. The number of ether oxygens (including phenoxy) is 1. The largest absolute Gasteiger partial charge is 0.465 e. The van der Waals surface area contributed by atoms with Crippen molar-refractivity contribution in [2.24, 2.45) is 0 Å². The summed E-state index contributed by atoms with van der Waals surface area (Å²) < 4.78 is 6.51. The fraction of sp³-hybridized carbons (Fsp3) is 0.500. The maximum atomic E-state index is 11.8. The second-order valence-electron chi connectivity index (χ2n) is 4.29. The molecule has 1 aromatic carbocycles. The number of hydrogen-bond donors (Lipinski definition) is 1. The summed E-state index contributed by atoms with van der Waals surface area (Å²) in [6, 6.07) is 3.69. The Morgan fingerprint density at radius 3 is 2.63 bits per heavy atom. The fourth-order valence-corrected chi connectivity index (χ4v) is 3.15. The molecule has 1 aromatic rings. The molecule has 106 valence electrons. The Hall–Kier alpha value is -0.550. The van der Waals surface area contributed by atoms with Crippen LogP contribution >= 0.6 is 31.9 Å². The van der Waals surface area contributed by atoms with E-state index in [1.165, 1.54) is 26.4 Å². The van der Waals surface area contributed by atoms with Crippen molar-refractivity contribution in [2.75, 3.05) is 19.0 Å². The third-order valence-corrected chi connectivity index (χ3v) is 3.88. The summed E-state index contributed by atoms with van der Waals surface area (Å²) >= 11 is 6.86. The molecule has 0 radical (unpaired) electrons. The molecule has 3 nitrogen and oxygen atoms in total. The van der Waals surface area contributed by atoms with E-state index in [0.717, 1.165) is 27.6 Å². The van der Waals surface area contributed by atoms with E-state index < -0.39 is 0 Å². The van der Waals surface area contributed by atoms with Gasteiger partial charge >= 0.3 is 5.97 Å². The van der Waals surface area contributed by atoms with Gasteiger partial charge in [0.1, 0.15) is 0 Å². The first-order valence-electron chi connectivity index (χ1n) is 6.41. The molecule has 0 aliphatic rings. The van der Waals surface area contributed by atoms with Crippen molar-refractivity contribution in [1.82, 2.24) is 0 Å². The lowest BCUT2D eigenvalue weighted by Crippen LogP contribution is -2.10. The van der Waals surface area contributed by atoms with Gasteiger partial charge in [0.25, 0.3) is 0 Å². The fourth-order valence-electron chi connectivity index (χ4n) is 1.79. The molecule has 0 fully saturated rings. The van der Waals surface area contributed by atoms with Crippen molar-refractivity contribution >= 4 is 43.5 Å². The minimum Gasteiger partial charge on any atom is -0.465 e. The van der Waals surface area contributed by atoms with E-state index in [1.807, 2.05) is 6.07 Å². The molecule has 5 heteroatoms. The van der Waals surface area contributed by atoms with E-state index in [9.17, 15) is 4.79 Å².